The molecule has 1 aromatic heterocycles. The number of nitrogens with zero attached hydrogens (tertiary/aromatic N) is 2. The Morgan fingerprint density at radius 1 is 1.42 bits per heavy atom. The summed E-state index contributed by atoms with van der Waals surface area (Å²) < 4.78 is 14.5. The third-order valence-electron chi connectivity index (χ3n) is 2.80. The number of aryl methyl sites for hydroxylation is 2. The maximum absolute atomic E-state index is 12.8. The van der Waals surface area contributed by atoms with Crippen molar-refractivity contribution in [3.8, 4) is 0 Å². The van der Waals surface area contributed by atoms with Crippen LogP contribution in [0.1, 0.15) is 17.3 Å². The van der Waals surface area contributed by atoms with Gasteiger partial charge in [0.1, 0.15) is 11.9 Å². The number of nitrogens with one attached hydrogen (secondary N) is 1. The number of rotatable bonds is 4. The van der Waals surface area contributed by atoms with Crippen LogP contribution < -0.4 is 11.1 Å². The fraction of sp³-hybridized carbons (Fsp3) is 0.231. The molecule has 1 amide bonds. The first kappa shape index (κ1) is 13.1. The van der Waals surface area contributed by atoms with E-state index >= 15 is 0 Å². The first-order valence-corrected chi connectivity index (χ1v) is 5.79. The van der Waals surface area contributed by atoms with Crippen molar-refractivity contribution in [2.45, 2.75) is 13.0 Å². The van der Waals surface area contributed by atoms with Crippen LogP contribution >= 0.6 is 0 Å². The lowest BCUT2D eigenvalue weighted by Gasteiger charge is -2.16. The van der Waals surface area contributed by atoms with Gasteiger partial charge in [-0.2, -0.15) is 5.10 Å². The number of primary amides is 1. The Hall–Kier alpha value is -2.37. The molecule has 0 aliphatic carbocycles. The SMILES string of the molecule is Cc1nn(C)cc1C(Nc1ccc(F)cc1)C(N)=O. The molecule has 19 heavy (non-hydrogen) atoms. The largest absolute Gasteiger partial charge is 0.370 e. The topological polar surface area (TPSA) is 72.9 Å². The van der Waals surface area contributed by atoms with Crippen LogP contribution in [0, 0.1) is 12.7 Å². The van der Waals surface area contributed by atoms with Crippen molar-refractivity contribution in [3.63, 3.8) is 0 Å². The molecular weight excluding hydrogens is 247 g/mol. The van der Waals surface area contributed by atoms with Crippen molar-refractivity contribution >= 4 is 11.6 Å². The number of hydrogen-bond donors (Lipinski definition) is 2. The second-order valence-electron chi connectivity index (χ2n) is 4.33. The number of aromatic nitrogens is 2. The van der Waals surface area contributed by atoms with E-state index in [9.17, 15) is 9.18 Å². The molecule has 1 heterocycles. The summed E-state index contributed by atoms with van der Waals surface area (Å²) in [7, 11) is 1.77. The predicted octanol–water partition coefficient (Wildman–Crippen LogP) is 1.51. The molecule has 1 aromatic carbocycles. The lowest BCUT2D eigenvalue weighted by Crippen LogP contribution is -2.28. The van der Waals surface area contributed by atoms with Crippen LogP contribution in [0.3, 0.4) is 0 Å². The Bertz CT molecular complexity index is 591. The lowest BCUT2D eigenvalue weighted by atomic mass is 10.1. The standard InChI is InChI=1S/C13H15FN4O/c1-8-11(7-18(2)17-8)12(13(15)19)16-10-5-3-9(14)4-6-10/h3-7,12,16H,1-2H3,(H2,15,19). The van der Waals surface area contributed by atoms with Crippen LogP contribution in [0.2, 0.25) is 0 Å². The molecule has 3 N–H and O–H groups in total. The molecule has 100 valence electrons. The third kappa shape index (κ3) is 2.90. The summed E-state index contributed by atoms with van der Waals surface area (Å²) >= 11 is 0. The summed E-state index contributed by atoms with van der Waals surface area (Å²) in [6, 6.07) is 5.04. The zero-order chi connectivity index (χ0) is 14.0. The van der Waals surface area contributed by atoms with Crippen molar-refractivity contribution in [2.75, 3.05) is 5.32 Å². The first-order valence-electron chi connectivity index (χ1n) is 5.79. The highest BCUT2D eigenvalue weighted by Gasteiger charge is 2.21. The molecule has 5 nitrogen and oxygen atoms in total. The Kier molecular flexibility index (Phi) is 3.50. The minimum atomic E-state index is -0.695. The highest BCUT2D eigenvalue weighted by atomic mass is 19.1. The first-order chi connectivity index (χ1) is 8.97. The van der Waals surface area contributed by atoms with Crippen molar-refractivity contribution in [3.05, 3.63) is 47.5 Å². The van der Waals surface area contributed by atoms with Crippen molar-refractivity contribution in [1.29, 1.82) is 0 Å². The Morgan fingerprint density at radius 2 is 2.05 bits per heavy atom. The second-order valence-corrected chi connectivity index (χ2v) is 4.33. The van der Waals surface area contributed by atoms with E-state index in [0.717, 1.165) is 5.69 Å². The van der Waals surface area contributed by atoms with Gasteiger partial charge in [-0.3, -0.25) is 9.48 Å². The van der Waals surface area contributed by atoms with Gasteiger partial charge in [-0.1, -0.05) is 0 Å². The van der Waals surface area contributed by atoms with Gasteiger partial charge in [-0.05, 0) is 31.2 Å². The van der Waals surface area contributed by atoms with Gasteiger partial charge < -0.3 is 11.1 Å². The number of anilines is 1. The lowest BCUT2D eigenvalue weighted by molar-refractivity contribution is -0.118. The maximum Gasteiger partial charge on any atom is 0.244 e. The van der Waals surface area contributed by atoms with Gasteiger partial charge in [-0.15, -0.1) is 0 Å². The smallest absolute Gasteiger partial charge is 0.244 e. The van der Waals surface area contributed by atoms with E-state index in [4.69, 9.17) is 5.73 Å². The quantitative estimate of drug-likeness (QED) is 0.877. The Morgan fingerprint density at radius 3 is 2.53 bits per heavy atom. The van der Waals surface area contributed by atoms with Gasteiger partial charge in [0.15, 0.2) is 0 Å². The molecule has 0 saturated carbocycles. The van der Waals surface area contributed by atoms with Gasteiger partial charge in [-0.25, -0.2) is 4.39 Å². The van der Waals surface area contributed by atoms with Crippen molar-refractivity contribution < 1.29 is 9.18 Å². The normalized spacial score (nSPS) is 12.2. The average Bonchev–Trinajstić information content (AvgIpc) is 2.67. The van der Waals surface area contributed by atoms with Crippen LogP contribution in [0.25, 0.3) is 0 Å². The Balaban J connectivity index is 2.29. The molecule has 2 aromatic rings. The summed E-state index contributed by atoms with van der Waals surface area (Å²) in [5.74, 6) is -0.848. The fourth-order valence-corrected chi connectivity index (χ4v) is 1.92. The van der Waals surface area contributed by atoms with Gasteiger partial charge in [0, 0.05) is 24.5 Å². The Labute approximate surface area is 110 Å². The van der Waals surface area contributed by atoms with Crippen LogP contribution in [-0.4, -0.2) is 15.7 Å². The molecule has 1 atom stereocenters. The zero-order valence-corrected chi connectivity index (χ0v) is 10.7. The predicted molar refractivity (Wildman–Crippen MR) is 69.9 cm³/mol. The summed E-state index contributed by atoms with van der Waals surface area (Å²) in [6.45, 7) is 1.80. The molecule has 0 aliphatic rings. The molecule has 0 radical (unpaired) electrons. The minimum Gasteiger partial charge on any atom is -0.370 e. The number of amides is 1. The molecule has 0 saturated heterocycles. The third-order valence-corrected chi connectivity index (χ3v) is 2.80. The maximum atomic E-state index is 12.8. The van der Waals surface area contributed by atoms with E-state index in [2.05, 4.69) is 10.4 Å². The molecule has 0 aliphatic heterocycles. The monoisotopic (exact) mass is 262 g/mol. The molecule has 2 rings (SSSR count). The van der Waals surface area contributed by atoms with Gasteiger partial charge in [0.25, 0.3) is 0 Å². The van der Waals surface area contributed by atoms with Crippen LogP contribution in [0.5, 0.6) is 0 Å². The highest BCUT2D eigenvalue weighted by Crippen LogP contribution is 2.21. The number of benzene rings is 1. The molecule has 0 spiro atoms. The molecule has 1 unspecified atom stereocenters. The van der Waals surface area contributed by atoms with Crippen molar-refractivity contribution in [1.82, 2.24) is 9.78 Å². The summed E-state index contributed by atoms with van der Waals surface area (Å²) in [6.07, 6.45) is 1.74. The molecule has 0 bridgehead atoms. The molecular formula is C13H15FN4O. The van der Waals surface area contributed by atoms with E-state index in [-0.39, 0.29) is 5.82 Å². The summed E-state index contributed by atoms with van der Waals surface area (Å²) in [5, 5.41) is 7.16. The number of hydrogen-bond acceptors (Lipinski definition) is 3. The van der Waals surface area contributed by atoms with E-state index in [1.165, 1.54) is 12.1 Å². The van der Waals surface area contributed by atoms with Crippen LogP contribution in [-0.2, 0) is 11.8 Å². The second kappa shape index (κ2) is 5.09. The van der Waals surface area contributed by atoms with Gasteiger partial charge in [0.2, 0.25) is 5.91 Å². The van der Waals surface area contributed by atoms with Crippen LogP contribution in [0.4, 0.5) is 10.1 Å². The number of carbonyl (C=O) groups is 1. The highest BCUT2D eigenvalue weighted by molar-refractivity contribution is 5.84. The molecule has 6 heteroatoms. The molecule has 0 fully saturated rings. The van der Waals surface area contributed by atoms with Crippen LogP contribution in [0.15, 0.2) is 30.5 Å². The number of carbonyl (C=O) groups excluding carboxylic acids is 1. The fourth-order valence-electron chi connectivity index (χ4n) is 1.92. The van der Waals surface area contributed by atoms with E-state index in [0.29, 0.717) is 11.3 Å². The van der Waals surface area contributed by atoms with Gasteiger partial charge >= 0.3 is 0 Å². The minimum absolute atomic E-state index is 0.335. The van der Waals surface area contributed by atoms with Crippen molar-refractivity contribution in [2.24, 2.45) is 12.8 Å². The average molecular weight is 262 g/mol. The van der Waals surface area contributed by atoms with Gasteiger partial charge in [0.05, 0.1) is 5.69 Å². The van der Waals surface area contributed by atoms with E-state index in [1.54, 1.807) is 37.0 Å². The summed E-state index contributed by atoms with van der Waals surface area (Å²) in [4.78, 5) is 11.6. The number of halogens is 1. The van der Waals surface area contributed by atoms with E-state index in [1.807, 2.05) is 0 Å². The summed E-state index contributed by atoms with van der Waals surface area (Å²) in [5.41, 5.74) is 7.46. The van der Waals surface area contributed by atoms with E-state index < -0.39 is 11.9 Å². The number of nitrogens with two attached hydrogens (primary N) is 1. The zero-order valence-electron chi connectivity index (χ0n) is 10.7.